The van der Waals surface area contributed by atoms with E-state index in [0.717, 1.165) is 17.3 Å². The van der Waals surface area contributed by atoms with Gasteiger partial charge in [-0.05, 0) is 24.3 Å². The number of nitrogens with zero attached hydrogens (tertiary/aromatic N) is 1. The molecule has 2 aromatic heterocycles. The lowest BCUT2D eigenvalue weighted by molar-refractivity contribution is 1.25. The molecule has 3 aromatic rings. The number of nitrogens with one attached hydrogen (secondary N) is 3. The summed E-state index contributed by atoms with van der Waals surface area (Å²) in [5, 5.41) is 11.5. The summed E-state index contributed by atoms with van der Waals surface area (Å²) in [7, 11) is 0. The first-order valence-corrected chi connectivity index (χ1v) is 6.77. The number of rotatable bonds is 4. The fourth-order valence-electron chi connectivity index (χ4n) is 2.15. The highest BCUT2D eigenvalue weighted by Crippen LogP contribution is 2.15. The molecule has 2 heterocycles. The molecule has 0 fully saturated rings. The van der Waals surface area contributed by atoms with Gasteiger partial charge in [-0.2, -0.15) is 0 Å². The maximum absolute atomic E-state index is 12.2. The lowest BCUT2D eigenvalue weighted by atomic mass is 10.1. The van der Waals surface area contributed by atoms with Crippen molar-refractivity contribution < 1.29 is 0 Å². The van der Waals surface area contributed by atoms with Crippen molar-refractivity contribution in [1.82, 2.24) is 9.97 Å². The van der Waals surface area contributed by atoms with Crippen LogP contribution in [0, 0.1) is 5.41 Å². The van der Waals surface area contributed by atoms with Crippen LogP contribution in [0.3, 0.4) is 0 Å². The minimum atomic E-state index is -0.245. The zero-order chi connectivity index (χ0) is 15.4. The van der Waals surface area contributed by atoms with Gasteiger partial charge in [0.2, 0.25) is 0 Å². The van der Waals surface area contributed by atoms with Crippen LogP contribution in [0.15, 0.2) is 65.9 Å². The number of aromatic nitrogens is 2. The summed E-state index contributed by atoms with van der Waals surface area (Å²) in [5.74, 6) is 0. The molecule has 0 saturated heterocycles. The molecule has 5 nitrogen and oxygen atoms in total. The molecule has 0 aliphatic heterocycles. The van der Waals surface area contributed by atoms with E-state index < -0.39 is 0 Å². The van der Waals surface area contributed by atoms with E-state index in [1.807, 2.05) is 36.4 Å². The molecule has 5 heteroatoms. The van der Waals surface area contributed by atoms with Gasteiger partial charge in [-0.15, -0.1) is 0 Å². The first kappa shape index (κ1) is 13.8. The van der Waals surface area contributed by atoms with Gasteiger partial charge in [-0.25, -0.2) is 0 Å². The van der Waals surface area contributed by atoms with E-state index in [2.05, 4.69) is 15.3 Å². The average molecular weight is 290 g/mol. The van der Waals surface area contributed by atoms with E-state index in [9.17, 15) is 4.79 Å². The number of allylic oxidation sites excluding steroid dienone is 1. The maximum Gasteiger partial charge on any atom is 0.256 e. The number of hydrogen-bond acceptors (Lipinski definition) is 4. The van der Waals surface area contributed by atoms with Gasteiger partial charge in [0.05, 0.1) is 17.3 Å². The SMILES string of the molecule is N=C/C(=C\Nc1ccccc1)c1cc2ccncc2[nH]c1=O. The Bertz CT molecular complexity index is 897. The van der Waals surface area contributed by atoms with E-state index in [-0.39, 0.29) is 5.56 Å². The van der Waals surface area contributed by atoms with E-state index in [1.165, 1.54) is 0 Å². The molecule has 3 rings (SSSR count). The smallest absolute Gasteiger partial charge is 0.256 e. The Morgan fingerprint density at radius 2 is 2.05 bits per heavy atom. The molecular formula is C17H14N4O. The molecule has 0 spiro atoms. The molecule has 1 aromatic carbocycles. The number of aromatic amines is 1. The van der Waals surface area contributed by atoms with Gasteiger partial charge < -0.3 is 15.7 Å². The third-order valence-corrected chi connectivity index (χ3v) is 3.28. The number of anilines is 1. The fourth-order valence-corrected chi connectivity index (χ4v) is 2.15. The summed E-state index contributed by atoms with van der Waals surface area (Å²) in [5.41, 5.74) is 2.27. The van der Waals surface area contributed by atoms with Crippen molar-refractivity contribution in [1.29, 1.82) is 5.41 Å². The number of hydrogen-bond donors (Lipinski definition) is 3. The lowest BCUT2D eigenvalue weighted by Crippen LogP contribution is -2.12. The lowest BCUT2D eigenvalue weighted by Gasteiger charge is -2.05. The molecule has 0 aliphatic rings. The third kappa shape index (κ3) is 2.78. The minimum Gasteiger partial charge on any atom is -0.361 e. The number of benzene rings is 1. The van der Waals surface area contributed by atoms with Crippen molar-refractivity contribution >= 4 is 28.4 Å². The van der Waals surface area contributed by atoms with Gasteiger partial charge in [0.1, 0.15) is 0 Å². The average Bonchev–Trinajstić information content (AvgIpc) is 2.56. The topological polar surface area (TPSA) is 81.6 Å². The molecule has 22 heavy (non-hydrogen) atoms. The molecule has 108 valence electrons. The van der Waals surface area contributed by atoms with Crippen LogP contribution in [-0.2, 0) is 0 Å². The normalized spacial score (nSPS) is 11.4. The highest BCUT2D eigenvalue weighted by atomic mass is 16.1. The van der Waals surface area contributed by atoms with Crippen LogP contribution in [0.4, 0.5) is 5.69 Å². The molecule has 0 atom stereocenters. The fraction of sp³-hybridized carbons (Fsp3) is 0. The van der Waals surface area contributed by atoms with Crippen molar-refractivity contribution in [2.45, 2.75) is 0 Å². The Labute approximate surface area is 126 Å². The van der Waals surface area contributed by atoms with Gasteiger partial charge >= 0.3 is 0 Å². The standard InChI is InChI=1S/C17H14N4O/c18-9-13(10-20-14-4-2-1-3-5-14)15-8-12-6-7-19-11-16(12)21-17(15)22/h1-11,18,20H,(H,21,22)/b13-10+,18-9?. The Morgan fingerprint density at radius 1 is 1.23 bits per heavy atom. The highest BCUT2D eigenvalue weighted by molar-refractivity contribution is 6.09. The van der Waals surface area contributed by atoms with Crippen molar-refractivity contribution in [3.8, 4) is 0 Å². The van der Waals surface area contributed by atoms with E-state index >= 15 is 0 Å². The summed E-state index contributed by atoms with van der Waals surface area (Å²) < 4.78 is 0. The number of fused-ring (bicyclic) bond motifs is 1. The number of para-hydroxylation sites is 1. The second-order valence-corrected chi connectivity index (χ2v) is 4.73. The van der Waals surface area contributed by atoms with Crippen LogP contribution in [0.5, 0.6) is 0 Å². The van der Waals surface area contributed by atoms with E-state index in [1.54, 1.807) is 24.7 Å². The number of pyridine rings is 2. The second-order valence-electron chi connectivity index (χ2n) is 4.73. The molecule has 0 unspecified atom stereocenters. The summed E-state index contributed by atoms with van der Waals surface area (Å²) in [4.78, 5) is 19.0. The molecule has 0 aliphatic carbocycles. The molecule has 0 amide bonds. The summed E-state index contributed by atoms with van der Waals surface area (Å²) in [6.07, 6.45) is 6.09. The van der Waals surface area contributed by atoms with Crippen molar-refractivity contribution in [2.75, 3.05) is 5.32 Å². The molecule has 3 N–H and O–H groups in total. The van der Waals surface area contributed by atoms with E-state index in [0.29, 0.717) is 16.7 Å². The maximum atomic E-state index is 12.2. The van der Waals surface area contributed by atoms with Gasteiger partial charge in [0, 0.05) is 35.3 Å². The van der Waals surface area contributed by atoms with Crippen LogP contribution < -0.4 is 10.9 Å². The zero-order valence-electron chi connectivity index (χ0n) is 11.7. The Balaban J connectivity index is 2.01. The predicted octanol–water partition coefficient (Wildman–Crippen LogP) is 3.03. The minimum absolute atomic E-state index is 0.245. The van der Waals surface area contributed by atoms with Gasteiger partial charge in [0.15, 0.2) is 0 Å². The van der Waals surface area contributed by atoms with Crippen LogP contribution in [0.2, 0.25) is 0 Å². The van der Waals surface area contributed by atoms with Crippen molar-refractivity contribution in [3.05, 3.63) is 77.0 Å². The molecule has 0 bridgehead atoms. The zero-order valence-corrected chi connectivity index (χ0v) is 11.7. The van der Waals surface area contributed by atoms with Gasteiger partial charge in [0.25, 0.3) is 5.56 Å². The Hall–Kier alpha value is -3.21. The second kappa shape index (κ2) is 6.05. The summed E-state index contributed by atoms with van der Waals surface area (Å²) >= 11 is 0. The van der Waals surface area contributed by atoms with Crippen molar-refractivity contribution in [2.24, 2.45) is 0 Å². The van der Waals surface area contributed by atoms with Crippen LogP contribution >= 0.6 is 0 Å². The molecular weight excluding hydrogens is 276 g/mol. The van der Waals surface area contributed by atoms with Gasteiger partial charge in [-0.1, -0.05) is 18.2 Å². The van der Waals surface area contributed by atoms with Crippen LogP contribution in [-0.4, -0.2) is 16.2 Å². The third-order valence-electron chi connectivity index (χ3n) is 3.28. The number of H-pyrrole nitrogens is 1. The predicted molar refractivity (Wildman–Crippen MR) is 89.2 cm³/mol. The molecule has 0 radical (unpaired) electrons. The largest absolute Gasteiger partial charge is 0.361 e. The van der Waals surface area contributed by atoms with Crippen LogP contribution in [0.1, 0.15) is 5.56 Å². The molecule has 0 saturated carbocycles. The first-order valence-electron chi connectivity index (χ1n) is 6.77. The summed E-state index contributed by atoms with van der Waals surface area (Å²) in [6, 6.07) is 13.2. The van der Waals surface area contributed by atoms with Crippen LogP contribution in [0.25, 0.3) is 16.5 Å². The van der Waals surface area contributed by atoms with Crippen molar-refractivity contribution in [3.63, 3.8) is 0 Å². The summed E-state index contributed by atoms with van der Waals surface area (Å²) in [6.45, 7) is 0. The monoisotopic (exact) mass is 290 g/mol. The Morgan fingerprint density at radius 3 is 2.82 bits per heavy atom. The van der Waals surface area contributed by atoms with E-state index in [4.69, 9.17) is 5.41 Å². The highest BCUT2D eigenvalue weighted by Gasteiger charge is 2.06. The quantitative estimate of drug-likeness (QED) is 0.646. The van der Waals surface area contributed by atoms with Gasteiger partial charge in [-0.3, -0.25) is 9.78 Å². The Kier molecular flexibility index (Phi) is 3.78. The first-order chi connectivity index (χ1) is 10.8.